The van der Waals surface area contributed by atoms with E-state index in [1.54, 1.807) is 0 Å². The summed E-state index contributed by atoms with van der Waals surface area (Å²) in [6.45, 7) is 1.32. The number of hydrogen-bond acceptors (Lipinski definition) is 3. The molecule has 2 unspecified atom stereocenters. The average Bonchev–Trinajstić information content (AvgIpc) is 2.18. The van der Waals surface area contributed by atoms with E-state index < -0.39 is 12.1 Å². The van der Waals surface area contributed by atoms with Crippen molar-refractivity contribution >= 4 is 5.97 Å². The average molecular weight is 190 g/mol. The van der Waals surface area contributed by atoms with Gasteiger partial charge in [-0.1, -0.05) is 0 Å². The lowest BCUT2D eigenvalue weighted by molar-refractivity contribution is -0.147. The van der Waals surface area contributed by atoms with Gasteiger partial charge in [0.15, 0.2) is 6.17 Å². The molecule has 1 rings (SSSR count). The first-order valence-electron chi connectivity index (χ1n) is 4.53. The third-order valence-corrected chi connectivity index (χ3v) is 2.25. The maximum atomic E-state index is 13.1. The number of hydrogen-bond donors (Lipinski definition) is 0. The molecule has 1 saturated heterocycles. The molecule has 2 atom stereocenters. The highest BCUT2D eigenvalue weighted by atomic mass is 19.1. The Hall–Kier alpha value is -0.640. The largest absolute Gasteiger partial charge is 0.467 e. The van der Waals surface area contributed by atoms with Crippen LogP contribution in [0.25, 0.3) is 0 Å². The van der Waals surface area contributed by atoms with E-state index in [1.807, 2.05) is 0 Å². The standard InChI is InChI=1S/C9H15FO3/c1-12-9(11)8(10)5-7-3-2-4-13-6-7/h7-8H,2-6H2,1H3. The van der Waals surface area contributed by atoms with Crippen LogP contribution in [0.15, 0.2) is 0 Å². The number of ether oxygens (including phenoxy) is 2. The molecule has 0 N–H and O–H groups in total. The van der Waals surface area contributed by atoms with E-state index in [2.05, 4.69) is 4.74 Å². The molecule has 0 amide bonds. The molecule has 76 valence electrons. The van der Waals surface area contributed by atoms with Crippen LogP contribution in [0.3, 0.4) is 0 Å². The van der Waals surface area contributed by atoms with Crippen LogP contribution in [0.5, 0.6) is 0 Å². The number of rotatable bonds is 3. The van der Waals surface area contributed by atoms with Crippen molar-refractivity contribution in [2.24, 2.45) is 5.92 Å². The summed E-state index contributed by atoms with van der Waals surface area (Å²) in [5, 5.41) is 0. The highest BCUT2D eigenvalue weighted by molar-refractivity contribution is 5.74. The zero-order valence-corrected chi connectivity index (χ0v) is 7.79. The quantitative estimate of drug-likeness (QED) is 0.629. The topological polar surface area (TPSA) is 35.5 Å². The second-order valence-electron chi connectivity index (χ2n) is 3.31. The summed E-state index contributed by atoms with van der Waals surface area (Å²) in [5.74, 6) is -0.603. The molecule has 0 radical (unpaired) electrons. The van der Waals surface area contributed by atoms with E-state index in [0.717, 1.165) is 19.4 Å². The van der Waals surface area contributed by atoms with Crippen LogP contribution < -0.4 is 0 Å². The number of carbonyl (C=O) groups excluding carboxylic acids is 1. The number of alkyl halides is 1. The smallest absolute Gasteiger partial charge is 0.340 e. The van der Waals surface area contributed by atoms with Gasteiger partial charge in [-0.2, -0.15) is 0 Å². The number of esters is 1. The van der Waals surface area contributed by atoms with Crippen molar-refractivity contribution in [3.8, 4) is 0 Å². The van der Waals surface area contributed by atoms with E-state index in [1.165, 1.54) is 7.11 Å². The van der Waals surface area contributed by atoms with Gasteiger partial charge in [0.1, 0.15) is 0 Å². The summed E-state index contributed by atoms with van der Waals surface area (Å²) in [5.41, 5.74) is 0. The summed E-state index contributed by atoms with van der Waals surface area (Å²) in [4.78, 5) is 10.7. The summed E-state index contributed by atoms with van der Waals surface area (Å²) < 4.78 is 22.5. The molecule has 0 aromatic carbocycles. The maximum Gasteiger partial charge on any atom is 0.340 e. The Morgan fingerprint density at radius 1 is 1.77 bits per heavy atom. The Kier molecular flexibility index (Phi) is 4.15. The maximum absolute atomic E-state index is 13.1. The Balaban J connectivity index is 2.25. The number of methoxy groups -OCH3 is 1. The molecule has 3 nitrogen and oxygen atoms in total. The SMILES string of the molecule is COC(=O)C(F)CC1CCCOC1. The monoisotopic (exact) mass is 190 g/mol. The van der Waals surface area contributed by atoms with E-state index in [4.69, 9.17) is 4.74 Å². The van der Waals surface area contributed by atoms with Gasteiger partial charge in [-0.3, -0.25) is 0 Å². The molecule has 0 spiro atoms. The minimum absolute atomic E-state index is 0.169. The van der Waals surface area contributed by atoms with E-state index in [-0.39, 0.29) is 12.3 Å². The molecule has 0 aliphatic carbocycles. The fraction of sp³-hybridized carbons (Fsp3) is 0.889. The first-order chi connectivity index (χ1) is 6.24. The van der Waals surface area contributed by atoms with Crippen LogP contribution in [-0.2, 0) is 14.3 Å². The molecule has 0 saturated carbocycles. The van der Waals surface area contributed by atoms with Crippen molar-refractivity contribution in [1.29, 1.82) is 0 Å². The van der Waals surface area contributed by atoms with Crippen molar-refractivity contribution in [2.45, 2.75) is 25.4 Å². The Morgan fingerprint density at radius 2 is 2.54 bits per heavy atom. The Bertz CT molecular complexity index is 166. The first-order valence-corrected chi connectivity index (χ1v) is 4.53. The predicted molar refractivity (Wildman–Crippen MR) is 45.1 cm³/mol. The van der Waals surface area contributed by atoms with E-state index in [0.29, 0.717) is 6.61 Å². The van der Waals surface area contributed by atoms with Gasteiger partial charge in [-0.25, -0.2) is 9.18 Å². The van der Waals surface area contributed by atoms with Gasteiger partial charge in [-0.15, -0.1) is 0 Å². The molecule has 4 heteroatoms. The van der Waals surface area contributed by atoms with Crippen LogP contribution in [0.2, 0.25) is 0 Å². The minimum atomic E-state index is -1.49. The van der Waals surface area contributed by atoms with Crippen molar-refractivity contribution in [3.05, 3.63) is 0 Å². The lowest BCUT2D eigenvalue weighted by atomic mass is 9.96. The number of carbonyl (C=O) groups is 1. The van der Waals surface area contributed by atoms with Crippen LogP contribution in [-0.4, -0.2) is 32.5 Å². The fourth-order valence-corrected chi connectivity index (χ4v) is 1.51. The predicted octanol–water partition coefficient (Wildman–Crippen LogP) is 1.31. The highest BCUT2D eigenvalue weighted by Gasteiger charge is 2.24. The van der Waals surface area contributed by atoms with Gasteiger partial charge >= 0.3 is 5.97 Å². The molecule has 0 aromatic heterocycles. The minimum Gasteiger partial charge on any atom is -0.467 e. The second kappa shape index (κ2) is 5.17. The molecular formula is C9H15FO3. The van der Waals surface area contributed by atoms with E-state index >= 15 is 0 Å². The highest BCUT2D eigenvalue weighted by Crippen LogP contribution is 2.20. The zero-order valence-electron chi connectivity index (χ0n) is 7.79. The van der Waals surface area contributed by atoms with Crippen LogP contribution in [0.4, 0.5) is 4.39 Å². The van der Waals surface area contributed by atoms with Crippen molar-refractivity contribution in [3.63, 3.8) is 0 Å². The summed E-state index contributed by atoms with van der Waals surface area (Å²) in [6.07, 6.45) is 0.638. The summed E-state index contributed by atoms with van der Waals surface area (Å²) in [6, 6.07) is 0. The third-order valence-electron chi connectivity index (χ3n) is 2.25. The normalized spacial score (nSPS) is 25.2. The van der Waals surface area contributed by atoms with Crippen molar-refractivity contribution in [2.75, 3.05) is 20.3 Å². The fourth-order valence-electron chi connectivity index (χ4n) is 1.51. The molecule has 1 aliphatic rings. The van der Waals surface area contributed by atoms with Gasteiger partial charge in [0.25, 0.3) is 0 Å². The molecule has 0 aromatic rings. The third kappa shape index (κ3) is 3.30. The number of halogens is 1. The van der Waals surface area contributed by atoms with Gasteiger partial charge in [-0.05, 0) is 25.2 Å². The lowest BCUT2D eigenvalue weighted by Gasteiger charge is -2.22. The van der Waals surface area contributed by atoms with Gasteiger partial charge in [0, 0.05) is 13.2 Å². The molecule has 1 aliphatic heterocycles. The van der Waals surface area contributed by atoms with Gasteiger partial charge in [0.2, 0.25) is 0 Å². The Morgan fingerprint density at radius 3 is 3.08 bits per heavy atom. The second-order valence-corrected chi connectivity index (χ2v) is 3.31. The molecule has 1 fully saturated rings. The van der Waals surface area contributed by atoms with Crippen LogP contribution in [0, 0.1) is 5.92 Å². The molecule has 1 heterocycles. The summed E-state index contributed by atoms with van der Waals surface area (Å²) in [7, 11) is 1.20. The van der Waals surface area contributed by atoms with Crippen molar-refractivity contribution in [1.82, 2.24) is 0 Å². The first kappa shape index (κ1) is 10.4. The Labute approximate surface area is 77.2 Å². The van der Waals surface area contributed by atoms with Crippen molar-refractivity contribution < 1.29 is 18.7 Å². The van der Waals surface area contributed by atoms with Crippen LogP contribution in [0.1, 0.15) is 19.3 Å². The summed E-state index contributed by atoms with van der Waals surface area (Å²) >= 11 is 0. The van der Waals surface area contributed by atoms with Gasteiger partial charge < -0.3 is 9.47 Å². The van der Waals surface area contributed by atoms with E-state index in [9.17, 15) is 9.18 Å². The molecule has 13 heavy (non-hydrogen) atoms. The molecular weight excluding hydrogens is 175 g/mol. The lowest BCUT2D eigenvalue weighted by Crippen LogP contribution is -2.25. The van der Waals surface area contributed by atoms with Gasteiger partial charge in [0.05, 0.1) is 7.11 Å². The molecule has 0 bridgehead atoms. The van der Waals surface area contributed by atoms with Crippen LogP contribution >= 0.6 is 0 Å². The zero-order chi connectivity index (χ0) is 9.68.